The van der Waals surface area contributed by atoms with Crippen molar-refractivity contribution in [2.75, 3.05) is 43.0 Å². The SMILES string of the molecule is CCCCOc1ccc(NC(=O)N2CCN(c3ccc(-c4noc(CC)n4)cn3)CC2)cc1. The van der Waals surface area contributed by atoms with Crippen LogP contribution in [-0.2, 0) is 6.42 Å². The van der Waals surface area contributed by atoms with Gasteiger partial charge in [0.2, 0.25) is 11.7 Å². The molecule has 0 spiro atoms. The van der Waals surface area contributed by atoms with Gasteiger partial charge < -0.3 is 24.4 Å². The Morgan fingerprint density at radius 1 is 1.09 bits per heavy atom. The van der Waals surface area contributed by atoms with Crippen LogP contribution in [0.2, 0.25) is 0 Å². The number of hydrogen-bond acceptors (Lipinski definition) is 7. The molecule has 0 aliphatic carbocycles. The molecule has 3 heterocycles. The van der Waals surface area contributed by atoms with Crippen molar-refractivity contribution in [3.05, 3.63) is 48.5 Å². The first-order valence-electron chi connectivity index (χ1n) is 11.5. The van der Waals surface area contributed by atoms with Crippen LogP contribution >= 0.6 is 0 Å². The van der Waals surface area contributed by atoms with Crippen molar-refractivity contribution >= 4 is 17.5 Å². The fourth-order valence-corrected chi connectivity index (χ4v) is 3.53. The topological polar surface area (TPSA) is 96.6 Å². The lowest BCUT2D eigenvalue weighted by Gasteiger charge is -2.35. The Bertz CT molecular complexity index is 1030. The lowest BCUT2D eigenvalue weighted by Crippen LogP contribution is -2.50. The highest BCUT2D eigenvalue weighted by Crippen LogP contribution is 2.21. The Morgan fingerprint density at radius 2 is 1.88 bits per heavy atom. The summed E-state index contributed by atoms with van der Waals surface area (Å²) in [6.45, 7) is 7.49. The molecule has 174 valence electrons. The van der Waals surface area contributed by atoms with Crippen LogP contribution in [0.3, 0.4) is 0 Å². The first-order chi connectivity index (χ1) is 16.2. The minimum Gasteiger partial charge on any atom is -0.494 e. The maximum Gasteiger partial charge on any atom is 0.321 e. The van der Waals surface area contributed by atoms with Crippen LogP contribution in [0.4, 0.5) is 16.3 Å². The van der Waals surface area contributed by atoms with Crippen molar-refractivity contribution < 1.29 is 14.1 Å². The normalized spacial score (nSPS) is 13.8. The van der Waals surface area contributed by atoms with Crippen molar-refractivity contribution in [3.8, 4) is 17.1 Å². The number of nitrogens with one attached hydrogen (secondary N) is 1. The summed E-state index contributed by atoms with van der Waals surface area (Å²) in [7, 11) is 0. The van der Waals surface area contributed by atoms with Crippen LogP contribution in [0.15, 0.2) is 47.1 Å². The van der Waals surface area contributed by atoms with E-state index < -0.39 is 0 Å². The van der Waals surface area contributed by atoms with E-state index in [9.17, 15) is 4.79 Å². The lowest BCUT2D eigenvalue weighted by atomic mass is 10.2. The molecule has 0 bridgehead atoms. The molecule has 4 rings (SSSR count). The molecule has 1 N–H and O–H groups in total. The quantitative estimate of drug-likeness (QED) is 0.513. The second kappa shape index (κ2) is 10.8. The summed E-state index contributed by atoms with van der Waals surface area (Å²) in [6, 6.07) is 11.3. The largest absolute Gasteiger partial charge is 0.494 e. The summed E-state index contributed by atoms with van der Waals surface area (Å²) in [6.07, 6.45) is 4.59. The number of nitrogens with zero attached hydrogens (tertiary/aromatic N) is 5. The first kappa shape index (κ1) is 22.6. The smallest absolute Gasteiger partial charge is 0.321 e. The second-order valence-corrected chi connectivity index (χ2v) is 7.90. The summed E-state index contributed by atoms with van der Waals surface area (Å²) in [5, 5.41) is 6.95. The number of carbonyl (C=O) groups excluding carboxylic acids is 1. The van der Waals surface area contributed by atoms with Crippen LogP contribution in [0.25, 0.3) is 11.4 Å². The van der Waals surface area contributed by atoms with E-state index in [2.05, 4.69) is 32.3 Å². The Balaban J connectivity index is 1.26. The van der Waals surface area contributed by atoms with Gasteiger partial charge in [-0.15, -0.1) is 0 Å². The predicted molar refractivity (Wildman–Crippen MR) is 127 cm³/mol. The van der Waals surface area contributed by atoms with Crippen LogP contribution in [0.5, 0.6) is 5.75 Å². The molecule has 3 aromatic rings. The van der Waals surface area contributed by atoms with E-state index in [1.165, 1.54) is 0 Å². The molecular formula is C24H30N6O3. The molecule has 1 aromatic carbocycles. The van der Waals surface area contributed by atoms with Crippen LogP contribution in [0.1, 0.15) is 32.6 Å². The molecule has 1 fully saturated rings. The molecule has 0 unspecified atom stereocenters. The molecule has 1 saturated heterocycles. The molecule has 0 saturated carbocycles. The third kappa shape index (κ3) is 5.79. The van der Waals surface area contributed by atoms with E-state index in [4.69, 9.17) is 9.26 Å². The van der Waals surface area contributed by atoms with Crippen LogP contribution in [0, 0.1) is 0 Å². The Hall–Kier alpha value is -3.62. The number of aryl methyl sites for hydroxylation is 1. The minimum absolute atomic E-state index is 0.0959. The van der Waals surface area contributed by atoms with Crippen molar-refractivity contribution in [2.24, 2.45) is 0 Å². The molecule has 9 nitrogen and oxygen atoms in total. The number of pyridine rings is 1. The monoisotopic (exact) mass is 450 g/mol. The maximum absolute atomic E-state index is 12.7. The molecular weight excluding hydrogens is 420 g/mol. The first-order valence-corrected chi connectivity index (χ1v) is 11.5. The molecule has 0 atom stereocenters. The fourth-order valence-electron chi connectivity index (χ4n) is 3.53. The Labute approximate surface area is 193 Å². The maximum atomic E-state index is 12.7. The van der Waals surface area contributed by atoms with Gasteiger partial charge in [0.1, 0.15) is 11.6 Å². The number of urea groups is 1. The van der Waals surface area contributed by atoms with Gasteiger partial charge in [0.05, 0.1) is 6.61 Å². The van der Waals surface area contributed by atoms with Crippen molar-refractivity contribution in [1.82, 2.24) is 20.0 Å². The summed E-state index contributed by atoms with van der Waals surface area (Å²) >= 11 is 0. The van der Waals surface area contributed by atoms with Crippen LogP contribution in [-0.4, -0.2) is 58.8 Å². The fraction of sp³-hybridized carbons (Fsp3) is 0.417. The van der Waals surface area contributed by atoms with E-state index >= 15 is 0 Å². The van der Waals surface area contributed by atoms with Crippen molar-refractivity contribution in [1.29, 1.82) is 0 Å². The van der Waals surface area contributed by atoms with Crippen molar-refractivity contribution in [3.63, 3.8) is 0 Å². The number of amides is 2. The van der Waals surface area contributed by atoms with E-state index in [0.717, 1.165) is 35.7 Å². The predicted octanol–water partition coefficient (Wildman–Crippen LogP) is 4.23. The number of piperazine rings is 1. The van der Waals surface area contributed by atoms with Gasteiger partial charge in [-0.05, 0) is 42.8 Å². The zero-order valence-corrected chi connectivity index (χ0v) is 19.2. The number of anilines is 2. The molecule has 2 aromatic heterocycles. The average Bonchev–Trinajstić information content (AvgIpc) is 3.35. The average molecular weight is 451 g/mol. The van der Waals surface area contributed by atoms with Gasteiger partial charge in [0, 0.05) is 50.0 Å². The number of unbranched alkanes of at least 4 members (excludes halogenated alkanes) is 1. The Kier molecular flexibility index (Phi) is 7.39. The molecule has 0 radical (unpaired) electrons. The van der Waals surface area contributed by atoms with E-state index in [-0.39, 0.29) is 6.03 Å². The standard InChI is InChI=1S/C24H30N6O3/c1-3-5-16-32-20-9-7-19(8-10-20)26-24(31)30-14-12-29(13-15-30)21-11-6-18(17-25-21)23-27-22(4-2)33-28-23/h6-11,17H,3-5,12-16H2,1-2H3,(H,26,31). The summed E-state index contributed by atoms with van der Waals surface area (Å²) in [5.41, 5.74) is 1.58. The molecule has 9 heteroatoms. The van der Waals surface area contributed by atoms with Gasteiger partial charge in [0.15, 0.2) is 0 Å². The summed E-state index contributed by atoms with van der Waals surface area (Å²) in [5.74, 6) is 2.85. The van der Waals surface area contributed by atoms with Gasteiger partial charge in [-0.1, -0.05) is 25.4 Å². The molecule has 33 heavy (non-hydrogen) atoms. The van der Waals surface area contributed by atoms with Gasteiger partial charge in [-0.3, -0.25) is 0 Å². The number of benzene rings is 1. The third-order valence-corrected chi connectivity index (χ3v) is 5.54. The number of ether oxygens (including phenoxy) is 1. The zero-order chi connectivity index (χ0) is 23.0. The summed E-state index contributed by atoms with van der Waals surface area (Å²) < 4.78 is 10.8. The molecule has 1 aliphatic heterocycles. The van der Waals surface area contributed by atoms with Gasteiger partial charge in [-0.2, -0.15) is 4.98 Å². The highest BCUT2D eigenvalue weighted by Gasteiger charge is 2.22. The van der Waals surface area contributed by atoms with E-state index in [0.29, 0.717) is 50.9 Å². The molecule has 1 aliphatic rings. The van der Waals surface area contributed by atoms with Gasteiger partial charge in [0.25, 0.3) is 0 Å². The highest BCUT2D eigenvalue weighted by atomic mass is 16.5. The van der Waals surface area contributed by atoms with Gasteiger partial charge >= 0.3 is 6.03 Å². The number of carbonyl (C=O) groups is 1. The Morgan fingerprint density at radius 3 is 2.52 bits per heavy atom. The molecule has 2 amide bonds. The number of rotatable bonds is 8. The minimum atomic E-state index is -0.0959. The van der Waals surface area contributed by atoms with Gasteiger partial charge in [-0.25, -0.2) is 9.78 Å². The number of hydrogen-bond donors (Lipinski definition) is 1. The van der Waals surface area contributed by atoms with Crippen LogP contribution < -0.4 is 15.0 Å². The number of aromatic nitrogens is 3. The third-order valence-electron chi connectivity index (χ3n) is 5.54. The van der Waals surface area contributed by atoms with E-state index in [1.54, 1.807) is 6.20 Å². The highest BCUT2D eigenvalue weighted by molar-refractivity contribution is 5.89. The van der Waals surface area contributed by atoms with Crippen molar-refractivity contribution in [2.45, 2.75) is 33.1 Å². The van der Waals surface area contributed by atoms with E-state index in [1.807, 2.05) is 48.2 Å². The zero-order valence-electron chi connectivity index (χ0n) is 19.2. The second-order valence-electron chi connectivity index (χ2n) is 7.90. The lowest BCUT2D eigenvalue weighted by molar-refractivity contribution is 0.208. The summed E-state index contributed by atoms with van der Waals surface area (Å²) in [4.78, 5) is 25.5.